The number of rotatable bonds is 1. The van der Waals surface area contributed by atoms with Gasteiger partial charge in [0.05, 0.1) is 8.80 Å². The summed E-state index contributed by atoms with van der Waals surface area (Å²) in [6.45, 7) is 6.85. The van der Waals surface area contributed by atoms with E-state index in [2.05, 4.69) is 49.3 Å². The van der Waals surface area contributed by atoms with Crippen LogP contribution in [0.3, 0.4) is 0 Å². The predicted octanol–water partition coefficient (Wildman–Crippen LogP) is 2.17. The molecule has 0 aliphatic rings. The van der Waals surface area contributed by atoms with Crippen LogP contribution in [0.4, 0.5) is 0 Å². The Balaban J connectivity index is 2.68. The molecule has 1 N–H and O–H groups in total. The van der Waals surface area contributed by atoms with Crippen molar-refractivity contribution in [3.8, 4) is 0 Å². The summed E-state index contributed by atoms with van der Waals surface area (Å²) in [4.78, 5) is 3.53. The third kappa shape index (κ3) is 1.42. The lowest BCUT2D eigenvalue weighted by atomic mass is 10.2. The van der Waals surface area contributed by atoms with E-state index in [0.29, 0.717) is 0 Å². The number of fused-ring (bicyclic) bond motifs is 1. The number of para-hydroxylation sites is 1. The van der Waals surface area contributed by atoms with Crippen LogP contribution in [0.15, 0.2) is 24.3 Å². The van der Waals surface area contributed by atoms with E-state index in [1.54, 1.807) is 0 Å². The number of hydrogen-bond donors (Lipinski definition) is 1. The first-order valence-corrected chi connectivity index (χ1v) is 7.65. The number of aryl methyl sites for hydroxylation is 1. The Kier molecular flexibility index (Phi) is 2.00. The Hall–Kier alpha value is -1.02. The summed E-state index contributed by atoms with van der Waals surface area (Å²) in [6.07, 6.45) is 0. The van der Waals surface area contributed by atoms with E-state index in [4.69, 9.17) is 0 Å². The van der Waals surface area contributed by atoms with E-state index in [0.717, 1.165) is 0 Å². The molecule has 2 heteroatoms. The van der Waals surface area contributed by atoms with Crippen LogP contribution in [-0.2, 0) is 0 Å². The lowest BCUT2D eigenvalue weighted by molar-refractivity contribution is 1.44. The molecule has 1 aromatic heterocycles. The van der Waals surface area contributed by atoms with E-state index < -0.39 is 8.80 Å². The van der Waals surface area contributed by atoms with Gasteiger partial charge in [-0.05, 0) is 29.3 Å². The van der Waals surface area contributed by atoms with Gasteiger partial charge in [-0.1, -0.05) is 31.3 Å². The highest BCUT2D eigenvalue weighted by Crippen LogP contribution is 2.14. The van der Waals surface area contributed by atoms with Crippen molar-refractivity contribution in [2.75, 3.05) is 0 Å². The van der Waals surface area contributed by atoms with Crippen molar-refractivity contribution in [2.24, 2.45) is 0 Å². The van der Waals surface area contributed by atoms with Crippen molar-refractivity contribution in [2.45, 2.75) is 20.0 Å². The normalized spacial score (nSPS) is 11.4. The fourth-order valence-corrected chi connectivity index (χ4v) is 2.59. The molecule has 0 fully saturated rings. The van der Waals surface area contributed by atoms with Crippen molar-refractivity contribution >= 4 is 25.0 Å². The predicted molar refractivity (Wildman–Crippen MR) is 61.5 cm³/mol. The van der Waals surface area contributed by atoms with E-state index in [1.807, 2.05) is 0 Å². The minimum Gasteiger partial charge on any atom is -0.362 e. The molecule has 0 saturated carbocycles. The summed E-state index contributed by atoms with van der Waals surface area (Å²) in [5, 5.41) is 2.82. The van der Waals surface area contributed by atoms with Crippen LogP contribution in [0.25, 0.3) is 10.9 Å². The van der Waals surface area contributed by atoms with Gasteiger partial charge in [-0.15, -0.1) is 0 Å². The number of nitrogens with one attached hydrogen (secondary N) is 1. The maximum absolute atomic E-state index is 3.53. The van der Waals surface area contributed by atoms with Crippen molar-refractivity contribution in [3.63, 3.8) is 0 Å². The van der Waals surface area contributed by atoms with Crippen LogP contribution in [0, 0.1) is 6.92 Å². The first-order chi connectivity index (χ1) is 6.18. The van der Waals surface area contributed by atoms with Gasteiger partial charge in [0.2, 0.25) is 0 Å². The highest BCUT2D eigenvalue weighted by atomic mass is 28.3. The molecule has 0 aliphatic carbocycles. The Bertz CT molecular complexity index is 429. The molecule has 0 aliphatic heterocycles. The lowest BCUT2D eigenvalue weighted by Gasteiger charge is -1.97. The van der Waals surface area contributed by atoms with Crippen molar-refractivity contribution in [1.82, 2.24) is 4.98 Å². The minimum atomic E-state index is -0.680. The zero-order valence-electron chi connectivity index (χ0n) is 8.39. The quantitative estimate of drug-likeness (QED) is 0.662. The minimum absolute atomic E-state index is 0.680. The summed E-state index contributed by atoms with van der Waals surface area (Å²) >= 11 is 0. The first kappa shape index (κ1) is 8.57. The molecule has 1 aromatic carbocycles. The van der Waals surface area contributed by atoms with E-state index in [1.165, 1.54) is 21.8 Å². The molecule has 0 saturated heterocycles. The van der Waals surface area contributed by atoms with Gasteiger partial charge >= 0.3 is 0 Å². The molecule has 0 bridgehead atoms. The molecular formula is C11H15NSi. The number of H-pyrrole nitrogens is 1. The second kappa shape index (κ2) is 3.03. The lowest BCUT2D eigenvalue weighted by Crippen LogP contribution is -2.23. The molecular weight excluding hydrogens is 174 g/mol. The van der Waals surface area contributed by atoms with E-state index in [-0.39, 0.29) is 0 Å². The Labute approximate surface area is 80.4 Å². The van der Waals surface area contributed by atoms with Crippen LogP contribution in [0.1, 0.15) is 5.56 Å². The first-order valence-electron chi connectivity index (χ1n) is 4.76. The van der Waals surface area contributed by atoms with Crippen LogP contribution in [-0.4, -0.2) is 13.8 Å². The highest BCUT2D eigenvalue weighted by Gasteiger charge is 2.05. The molecule has 0 spiro atoms. The van der Waals surface area contributed by atoms with Crippen LogP contribution >= 0.6 is 0 Å². The monoisotopic (exact) mass is 189 g/mol. The molecule has 1 heterocycles. The summed E-state index contributed by atoms with van der Waals surface area (Å²) in [7, 11) is -0.680. The molecule has 2 aromatic rings. The Morgan fingerprint density at radius 2 is 2.00 bits per heavy atom. The van der Waals surface area contributed by atoms with E-state index in [9.17, 15) is 0 Å². The fourth-order valence-electron chi connectivity index (χ4n) is 1.64. The van der Waals surface area contributed by atoms with Crippen LogP contribution in [0.2, 0.25) is 13.1 Å². The van der Waals surface area contributed by atoms with Crippen molar-refractivity contribution in [3.05, 3.63) is 29.8 Å². The van der Waals surface area contributed by atoms with Gasteiger partial charge in [0.15, 0.2) is 0 Å². The third-order valence-corrected chi connectivity index (χ3v) is 4.06. The van der Waals surface area contributed by atoms with Crippen molar-refractivity contribution < 1.29 is 0 Å². The Morgan fingerprint density at radius 3 is 2.62 bits per heavy atom. The van der Waals surface area contributed by atoms with Gasteiger partial charge in [-0.3, -0.25) is 0 Å². The average Bonchev–Trinajstić information content (AvgIpc) is 2.49. The van der Waals surface area contributed by atoms with Crippen molar-refractivity contribution in [1.29, 1.82) is 0 Å². The molecule has 0 unspecified atom stereocenters. The smallest absolute Gasteiger partial charge is 0.0854 e. The standard InChI is InChI=1S/C11H15NSi/c1-8-5-4-6-9-7-10(13(2)3)12-11(8)9/h4-7,12-13H,1-3H3. The van der Waals surface area contributed by atoms with Gasteiger partial charge < -0.3 is 4.98 Å². The summed E-state index contributed by atoms with van der Waals surface area (Å²) < 4.78 is 0. The maximum Gasteiger partial charge on any atom is 0.0854 e. The molecule has 2 rings (SSSR count). The summed E-state index contributed by atoms with van der Waals surface area (Å²) in [5.41, 5.74) is 2.66. The molecule has 1 nitrogen and oxygen atoms in total. The third-order valence-electron chi connectivity index (χ3n) is 2.51. The van der Waals surface area contributed by atoms with Gasteiger partial charge in [0.1, 0.15) is 0 Å². The molecule has 13 heavy (non-hydrogen) atoms. The maximum atomic E-state index is 3.53. The molecule has 0 amide bonds. The number of benzene rings is 1. The zero-order chi connectivity index (χ0) is 9.42. The molecule has 0 radical (unpaired) electrons. The fraction of sp³-hybridized carbons (Fsp3) is 0.273. The largest absolute Gasteiger partial charge is 0.362 e. The highest BCUT2D eigenvalue weighted by molar-refractivity contribution is 6.70. The number of aromatic nitrogens is 1. The van der Waals surface area contributed by atoms with Crippen LogP contribution in [0.5, 0.6) is 0 Å². The Morgan fingerprint density at radius 1 is 1.23 bits per heavy atom. The molecule has 0 atom stereocenters. The van der Waals surface area contributed by atoms with Gasteiger partial charge in [-0.2, -0.15) is 0 Å². The number of aromatic amines is 1. The number of hydrogen-bond acceptors (Lipinski definition) is 0. The van der Waals surface area contributed by atoms with Crippen LogP contribution < -0.4 is 5.32 Å². The SMILES string of the molecule is Cc1cccc2cc([SiH](C)C)[nH]c12. The summed E-state index contributed by atoms with van der Waals surface area (Å²) in [5.74, 6) is 0. The van der Waals surface area contributed by atoms with Gasteiger partial charge in [0.25, 0.3) is 0 Å². The summed E-state index contributed by atoms with van der Waals surface area (Å²) in [6, 6.07) is 8.76. The van der Waals surface area contributed by atoms with Gasteiger partial charge in [-0.25, -0.2) is 0 Å². The topological polar surface area (TPSA) is 15.8 Å². The van der Waals surface area contributed by atoms with E-state index >= 15 is 0 Å². The zero-order valence-corrected chi connectivity index (χ0v) is 9.54. The second-order valence-electron chi connectivity index (χ2n) is 3.92. The molecule has 68 valence electrons. The average molecular weight is 189 g/mol. The van der Waals surface area contributed by atoms with Gasteiger partial charge in [0, 0.05) is 5.52 Å². The second-order valence-corrected chi connectivity index (χ2v) is 6.85.